The molecule has 2 aromatic rings. The van der Waals surface area contributed by atoms with Gasteiger partial charge in [-0.3, -0.25) is 20.4 Å². The second kappa shape index (κ2) is 7.01. The van der Waals surface area contributed by atoms with Crippen molar-refractivity contribution in [3.05, 3.63) is 42.2 Å². The van der Waals surface area contributed by atoms with Crippen LogP contribution in [0, 0.1) is 5.92 Å². The number of rotatable bonds is 4. The summed E-state index contributed by atoms with van der Waals surface area (Å²) < 4.78 is 24.2. The number of aromatic nitrogens is 3. The van der Waals surface area contributed by atoms with Crippen LogP contribution in [0.4, 0.5) is 0 Å². The number of carbonyl (C=O) groups is 2. The molecule has 0 radical (unpaired) electrons. The molecule has 2 N–H and O–H groups in total. The van der Waals surface area contributed by atoms with Gasteiger partial charge in [-0.25, -0.2) is 13.1 Å². The number of hydrogen-bond donors (Lipinski definition) is 2. The molecule has 132 valence electrons. The third-order valence-electron chi connectivity index (χ3n) is 3.86. The van der Waals surface area contributed by atoms with Gasteiger partial charge in [0.2, 0.25) is 5.91 Å². The lowest BCUT2D eigenvalue weighted by Crippen LogP contribution is -2.42. The highest BCUT2D eigenvalue weighted by Gasteiger charge is 2.29. The second-order valence-electron chi connectivity index (χ2n) is 5.86. The van der Waals surface area contributed by atoms with Gasteiger partial charge in [0.15, 0.2) is 15.5 Å². The summed E-state index contributed by atoms with van der Waals surface area (Å²) in [5, 5.41) is 7.62. The van der Waals surface area contributed by atoms with Gasteiger partial charge < -0.3 is 0 Å². The SMILES string of the molecule is O=C(CC1CCS(=O)(=O)C1)NNC(=O)c1cn(-c2ccccc2)nn1. The molecule has 0 spiro atoms. The Morgan fingerprint density at radius 1 is 1.20 bits per heavy atom. The summed E-state index contributed by atoms with van der Waals surface area (Å²) in [6, 6.07) is 9.15. The van der Waals surface area contributed by atoms with Gasteiger partial charge in [0.05, 0.1) is 23.4 Å². The zero-order valence-electron chi connectivity index (χ0n) is 13.3. The van der Waals surface area contributed by atoms with E-state index >= 15 is 0 Å². The van der Waals surface area contributed by atoms with E-state index in [-0.39, 0.29) is 29.5 Å². The average Bonchev–Trinajstić information content (AvgIpc) is 3.20. The number of nitrogens with zero attached hydrogens (tertiary/aromatic N) is 3. The van der Waals surface area contributed by atoms with Gasteiger partial charge in [0, 0.05) is 6.42 Å². The maximum atomic E-state index is 12.0. The molecule has 1 aromatic carbocycles. The van der Waals surface area contributed by atoms with Crippen molar-refractivity contribution in [2.24, 2.45) is 5.92 Å². The largest absolute Gasteiger partial charge is 0.291 e. The maximum absolute atomic E-state index is 12.0. The fourth-order valence-electron chi connectivity index (χ4n) is 2.61. The molecule has 1 aliphatic rings. The maximum Gasteiger partial charge on any atom is 0.291 e. The number of amides is 2. The number of benzene rings is 1. The summed E-state index contributed by atoms with van der Waals surface area (Å²) in [6.07, 6.45) is 1.96. The van der Waals surface area contributed by atoms with E-state index in [1.807, 2.05) is 30.3 Å². The average molecular weight is 363 g/mol. The Hall–Kier alpha value is -2.75. The Kier molecular flexibility index (Phi) is 4.79. The molecular formula is C15H17N5O4S. The lowest BCUT2D eigenvalue weighted by Gasteiger charge is -2.08. The molecule has 1 saturated heterocycles. The van der Waals surface area contributed by atoms with Crippen LogP contribution >= 0.6 is 0 Å². The van der Waals surface area contributed by atoms with Crippen molar-refractivity contribution >= 4 is 21.7 Å². The van der Waals surface area contributed by atoms with E-state index in [1.54, 1.807) is 0 Å². The first kappa shape index (κ1) is 17.1. The number of sulfone groups is 1. The van der Waals surface area contributed by atoms with Gasteiger partial charge in [0.25, 0.3) is 5.91 Å². The molecule has 1 aromatic heterocycles. The summed E-state index contributed by atoms with van der Waals surface area (Å²) in [5.41, 5.74) is 5.33. The lowest BCUT2D eigenvalue weighted by molar-refractivity contribution is -0.122. The molecule has 25 heavy (non-hydrogen) atoms. The molecular weight excluding hydrogens is 346 g/mol. The first-order valence-electron chi connectivity index (χ1n) is 7.70. The van der Waals surface area contributed by atoms with Crippen LogP contribution in [0.5, 0.6) is 0 Å². The van der Waals surface area contributed by atoms with Crippen molar-refractivity contribution in [2.75, 3.05) is 11.5 Å². The summed E-state index contributed by atoms with van der Waals surface area (Å²) in [6.45, 7) is 0. The van der Waals surface area contributed by atoms with Crippen LogP contribution in [0.25, 0.3) is 5.69 Å². The summed E-state index contributed by atoms with van der Waals surface area (Å²) >= 11 is 0. The molecule has 0 saturated carbocycles. The standard InChI is InChI=1S/C15H17N5O4S/c21-14(8-11-6-7-25(23,24)10-11)17-18-15(22)13-9-20(19-16-13)12-4-2-1-3-5-12/h1-5,9,11H,6-8,10H2,(H,17,21)(H,18,22). The van der Waals surface area contributed by atoms with Crippen LogP contribution in [0.3, 0.4) is 0 Å². The van der Waals surface area contributed by atoms with Crippen molar-refractivity contribution < 1.29 is 18.0 Å². The molecule has 9 nitrogen and oxygen atoms in total. The molecule has 3 rings (SSSR count). The van der Waals surface area contributed by atoms with Crippen LogP contribution in [0.1, 0.15) is 23.3 Å². The second-order valence-corrected chi connectivity index (χ2v) is 8.09. The molecule has 2 amide bonds. The van der Waals surface area contributed by atoms with E-state index in [4.69, 9.17) is 0 Å². The Labute approximate surface area is 144 Å². The highest BCUT2D eigenvalue weighted by molar-refractivity contribution is 7.91. The summed E-state index contributed by atoms with van der Waals surface area (Å²) in [7, 11) is -3.03. The number of nitrogens with one attached hydrogen (secondary N) is 2. The number of hydrogen-bond acceptors (Lipinski definition) is 6. The highest BCUT2D eigenvalue weighted by Crippen LogP contribution is 2.21. The first-order chi connectivity index (χ1) is 11.9. The smallest absolute Gasteiger partial charge is 0.273 e. The zero-order chi connectivity index (χ0) is 17.9. The van der Waals surface area contributed by atoms with Crippen molar-refractivity contribution in [3.63, 3.8) is 0 Å². The first-order valence-corrected chi connectivity index (χ1v) is 9.52. The third-order valence-corrected chi connectivity index (χ3v) is 5.70. The highest BCUT2D eigenvalue weighted by atomic mass is 32.2. The molecule has 1 aliphatic heterocycles. The van der Waals surface area contributed by atoms with E-state index in [0.717, 1.165) is 5.69 Å². The molecule has 2 heterocycles. The van der Waals surface area contributed by atoms with Gasteiger partial charge in [-0.15, -0.1) is 5.10 Å². The fraction of sp³-hybridized carbons (Fsp3) is 0.333. The molecule has 0 bridgehead atoms. The minimum Gasteiger partial charge on any atom is -0.273 e. The third kappa shape index (κ3) is 4.41. The van der Waals surface area contributed by atoms with E-state index in [1.165, 1.54) is 10.9 Å². The van der Waals surface area contributed by atoms with E-state index in [0.29, 0.717) is 6.42 Å². The number of carbonyl (C=O) groups excluding carboxylic acids is 2. The molecule has 1 atom stereocenters. The van der Waals surface area contributed by atoms with Crippen LogP contribution in [-0.4, -0.2) is 46.7 Å². The van der Waals surface area contributed by atoms with Gasteiger partial charge in [0.1, 0.15) is 0 Å². The van der Waals surface area contributed by atoms with E-state index in [9.17, 15) is 18.0 Å². The monoisotopic (exact) mass is 363 g/mol. The van der Waals surface area contributed by atoms with Gasteiger partial charge in [-0.05, 0) is 24.5 Å². The number of para-hydroxylation sites is 1. The Balaban J connectivity index is 1.51. The van der Waals surface area contributed by atoms with E-state index < -0.39 is 21.7 Å². The summed E-state index contributed by atoms with van der Waals surface area (Å²) in [5.74, 6) is -1.12. The Bertz CT molecular complexity index is 878. The normalized spacial score (nSPS) is 18.6. The topological polar surface area (TPSA) is 123 Å². The minimum atomic E-state index is -3.03. The lowest BCUT2D eigenvalue weighted by atomic mass is 10.1. The van der Waals surface area contributed by atoms with Crippen molar-refractivity contribution in [3.8, 4) is 5.69 Å². The van der Waals surface area contributed by atoms with E-state index in [2.05, 4.69) is 21.2 Å². The van der Waals surface area contributed by atoms with Crippen molar-refractivity contribution in [1.29, 1.82) is 0 Å². The molecule has 1 fully saturated rings. The van der Waals surface area contributed by atoms with Gasteiger partial charge >= 0.3 is 0 Å². The van der Waals surface area contributed by atoms with Crippen molar-refractivity contribution in [2.45, 2.75) is 12.8 Å². The van der Waals surface area contributed by atoms with Crippen LogP contribution in [0.15, 0.2) is 36.5 Å². The zero-order valence-corrected chi connectivity index (χ0v) is 14.1. The molecule has 0 aliphatic carbocycles. The van der Waals surface area contributed by atoms with Crippen molar-refractivity contribution in [1.82, 2.24) is 25.8 Å². The Morgan fingerprint density at radius 2 is 1.96 bits per heavy atom. The van der Waals surface area contributed by atoms with Gasteiger partial charge in [-0.2, -0.15) is 0 Å². The molecule has 10 heteroatoms. The quantitative estimate of drug-likeness (QED) is 0.729. The predicted molar refractivity (Wildman–Crippen MR) is 88.3 cm³/mol. The Morgan fingerprint density at radius 3 is 2.64 bits per heavy atom. The minimum absolute atomic E-state index is 0.0137. The van der Waals surface area contributed by atoms with Crippen LogP contribution < -0.4 is 10.9 Å². The number of hydrazine groups is 1. The predicted octanol–water partition coefficient (Wildman–Crippen LogP) is -0.147. The fourth-order valence-corrected chi connectivity index (χ4v) is 4.47. The van der Waals surface area contributed by atoms with Crippen LogP contribution in [-0.2, 0) is 14.6 Å². The van der Waals surface area contributed by atoms with Crippen LogP contribution in [0.2, 0.25) is 0 Å². The van der Waals surface area contributed by atoms with Gasteiger partial charge in [-0.1, -0.05) is 23.4 Å². The molecule has 1 unspecified atom stereocenters. The summed E-state index contributed by atoms with van der Waals surface area (Å²) in [4.78, 5) is 23.8.